The molecule has 2 aliphatic rings. The van der Waals surface area contributed by atoms with Gasteiger partial charge in [0.05, 0.1) is 12.4 Å². The van der Waals surface area contributed by atoms with Crippen LogP contribution in [0.25, 0.3) is 0 Å². The first-order valence-electron chi connectivity index (χ1n) is 6.81. The highest BCUT2D eigenvalue weighted by Gasteiger charge is 2.24. The molecule has 6 heteroatoms. The van der Waals surface area contributed by atoms with Crippen molar-refractivity contribution in [2.75, 3.05) is 39.0 Å². The van der Waals surface area contributed by atoms with Crippen molar-refractivity contribution in [1.82, 2.24) is 9.62 Å². The van der Waals surface area contributed by atoms with Crippen LogP contribution in [0.15, 0.2) is 0 Å². The molecule has 0 bridgehead atoms. The van der Waals surface area contributed by atoms with Gasteiger partial charge in [0.15, 0.2) is 0 Å². The number of hydrogen-bond donors (Lipinski definition) is 1. The van der Waals surface area contributed by atoms with Gasteiger partial charge in [-0.15, -0.1) is 0 Å². The van der Waals surface area contributed by atoms with Crippen LogP contribution in [-0.2, 0) is 14.8 Å². The fourth-order valence-corrected chi connectivity index (χ4v) is 3.26. The van der Waals surface area contributed by atoms with Crippen molar-refractivity contribution in [3.05, 3.63) is 0 Å². The minimum absolute atomic E-state index is 0.427. The maximum atomic E-state index is 11.0. The number of hydrogen-bond acceptors (Lipinski definition) is 4. The molecular weight excluding hydrogens is 252 g/mol. The van der Waals surface area contributed by atoms with Gasteiger partial charge in [-0.1, -0.05) is 0 Å². The summed E-state index contributed by atoms with van der Waals surface area (Å²) >= 11 is 0. The molecule has 0 aromatic heterocycles. The van der Waals surface area contributed by atoms with Gasteiger partial charge in [0.25, 0.3) is 0 Å². The molecule has 1 unspecified atom stereocenters. The minimum Gasteiger partial charge on any atom is -0.377 e. The normalized spacial score (nSPS) is 27.7. The molecule has 2 fully saturated rings. The zero-order chi connectivity index (χ0) is 13.0. The van der Waals surface area contributed by atoms with Gasteiger partial charge in [-0.3, -0.25) is 0 Å². The highest BCUT2D eigenvalue weighted by atomic mass is 32.2. The van der Waals surface area contributed by atoms with Gasteiger partial charge >= 0.3 is 0 Å². The lowest BCUT2D eigenvalue weighted by atomic mass is 9.97. The Bertz CT molecular complexity index is 344. The van der Waals surface area contributed by atoms with Gasteiger partial charge < -0.3 is 9.64 Å². The van der Waals surface area contributed by atoms with E-state index in [1.165, 1.54) is 19.1 Å². The fourth-order valence-electron chi connectivity index (χ4n) is 2.72. The van der Waals surface area contributed by atoms with Crippen LogP contribution in [0.3, 0.4) is 0 Å². The Morgan fingerprint density at radius 1 is 1.28 bits per heavy atom. The van der Waals surface area contributed by atoms with E-state index in [0.717, 1.165) is 39.1 Å². The summed E-state index contributed by atoms with van der Waals surface area (Å²) in [4.78, 5) is 2.45. The Labute approximate surface area is 110 Å². The van der Waals surface area contributed by atoms with Gasteiger partial charge in [-0.25, -0.2) is 13.1 Å². The molecule has 0 aromatic carbocycles. The van der Waals surface area contributed by atoms with Crippen LogP contribution in [0.1, 0.15) is 25.7 Å². The first-order valence-corrected chi connectivity index (χ1v) is 8.70. The quantitative estimate of drug-likeness (QED) is 0.791. The van der Waals surface area contributed by atoms with E-state index < -0.39 is 10.0 Å². The molecule has 0 amide bonds. The zero-order valence-electron chi connectivity index (χ0n) is 11.1. The van der Waals surface area contributed by atoms with E-state index in [-0.39, 0.29) is 0 Å². The summed E-state index contributed by atoms with van der Waals surface area (Å²) in [7, 11) is -3.04. The van der Waals surface area contributed by atoms with Crippen molar-refractivity contribution in [1.29, 1.82) is 0 Å². The first kappa shape index (κ1) is 14.2. The Hall–Kier alpha value is -0.170. The Morgan fingerprint density at radius 3 is 2.56 bits per heavy atom. The summed E-state index contributed by atoms with van der Waals surface area (Å²) in [5, 5.41) is 0. The monoisotopic (exact) mass is 276 g/mol. The fraction of sp³-hybridized carbons (Fsp3) is 1.00. The molecule has 2 aliphatic heterocycles. The molecule has 2 heterocycles. The number of nitrogens with zero attached hydrogens (tertiary/aromatic N) is 1. The SMILES string of the molecule is CS(=O)(=O)NCC1CCN(CC2CCCO2)CC1. The van der Waals surface area contributed by atoms with Crippen LogP contribution in [0.2, 0.25) is 0 Å². The molecule has 5 nitrogen and oxygen atoms in total. The van der Waals surface area contributed by atoms with Crippen molar-refractivity contribution >= 4 is 10.0 Å². The molecular formula is C12H24N2O3S. The number of ether oxygens (including phenoxy) is 1. The molecule has 2 saturated heterocycles. The molecule has 2 rings (SSSR count). The average molecular weight is 276 g/mol. The first-order chi connectivity index (χ1) is 8.53. The summed E-state index contributed by atoms with van der Waals surface area (Å²) in [5.41, 5.74) is 0. The molecule has 1 N–H and O–H groups in total. The van der Waals surface area contributed by atoms with Gasteiger partial charge in [-0.05, 0) is 44.7 Å². The van der Waals surface area contributed by atoms with Gasteiger partial charge in [0, 0.05) is 19.7 Å². The van der Waals surface area contributed by atoms with E-state index in [9.17, 15) is 8.42 Å². The van der Waals surface area contributed by atoms with Gasteiger partial charge in [0.1, 0.15) is 0 Å². The Kier molecular flexibility index (Phi) is 5.00. The van der Waals surface area contributed by atoms with Crippen LogP contribution < -0.4 is 4.72 Å². The molecule has 0 spiro atoms. The van der Waals surface area contributed by atoms with E-state index in [2.05, 4.69) is 9.62 Å². The summed E-state index contributed by atoms with van der Waals surface area (Å²) in [6.45, 7) is 4.68. The summed E-state index contributed by atoms with van der Waals surface area (Å²) in [5.74, 6) is 0.487. The average Bonchev–Trinajstić information content (AvgIpc) is 2.80. The van der Waals surface area contributed by atoms with Crippen molar-refractivity contribution in [2.45, 2.75) is 31.8 Å². The van der Waals surface area contributed by atoms with Crippen molar-refractivity contribution < 1.29 is 13.2 Å². The highest BCUT2D eigenvalue weighted by molar-refractivity contribution is 7.88. The second-order valence-corrected chi connectivity index (χ2v) is 7.33. The van der Waals surface area contributed by atoms with Crippen molar-refractivity contribution in [3.8, 4) is 0 Å². The lowest BCUT2D eigenvalue weighted by Gasteiger charge is -2.33. The van der Waals surface area contributed by atoms with Crippen LogP contribution in [0, 0.1) is 5.92 Å². The minimum atomic E-state index is -3.04. The highest BCUT2D eigenvalue weighted by Crippen LogP contribution is 2.19. The molecule has 0 radical (unpaired) electrons. The molecule has 0 saturated carbocycles. The standard InChI is InChI=1S/C12H24N2O3S/c1-18(15,16)13-9-11-4-6-14(7-5-11)10-12-3-2-8-17-12/h11-13H,2-10H2,1H3. The van der Waals surface area contributed by atoms with E-state index in [1.807, 2.05) is 0 Å². The van der Waals surface area contributed by atoms with Crippen LogP contribution in [-0.4, -0.2) is 58.5 Å². The number of piperidine rings is 1. The smallest absolute Gasteiger partial charge is 0.208 e. The van der Waals surface area contributed by atoms with Gasteiger partial charge in [-0.2, -0.15) is 0 Å². The number of rotatable bonds is 5. The van der Waals surface area contributed by atoms with Crippen LogP contribution >= 0.6 is 0 Å². The molecule has 18 heavy (non-hydrogen) atoms. The Morgan fingerprint density at radius 2 is 2.00 bits per heavy atom. The second-order valence-electron chi connectivity index (χ2n) is 5.50. The topological polar surface area (TPSA) is 58.6 Å². The molecule has 0 aromatic rings. The summed E-state index contributed by atoms with van der Waals surface area (Å²) in [6, 6.07) is 0. The maximum Gasteiger partial charge on any atom is 0.208 e. The number of sulfonamides is 1. The van der Waals surface area contributed by atoms with Crippen molar-refractivity contribution in [2.24, 2.45) is 5.92 Å². The molecule has 1 atom stereocenters. The van der Waals surface area contributed by atoms with Crippen LogP contribution in [0.5, 0.6) is 0 Å². The van der Waals surface area contributed by atoms with Crippen LogP contribution in [0.4, 0.5) is 0 Å². The van der Waals surface area contributed by atoms with Gasteiger partial charge in [0.2, 0.25) is 10.0 Å². The summed E-state index contributed by atoms with van der Waals surface area (Å²) in [6.07, 6.45) is 6.19. The number of nitrogens with one attached hydrogen (secondary N) is 1. The number of likely N-dealkylation sites (tertiary alicyclic amines) is 1. The van der Waals surface area contributed by atoms with E-state index >= 15 is 0 Å². The third-order valence-corrected chi connectivity index (χ3v) is 4.52. The van der Waals surface area contributed by atoms with E-state index in [1.54, 1.807) is 0 Å². The third-order valence-electron chi connectivity index (χ3n) is 3.83. The zero-order valence-corrected chi connectivity index (χ0v) is 11.9. The maximum absolute atomic E-state index is 11.0. The second kappa shape index (κ2) is 6.32. The summed E-state index contributed by atoms with van der Waals surface area (Å²) < 4.78 is 30.3. The van der Waals surface area contributed by atoms with Crippen molar-refractivity contribution in [3.63, 3.8) is 0 Å². The predicted molar refractivity (Wildman–Crippen MR) is 71.0 cm³/mol. The van der Waals surface area contributed by atoms with E-state index in [4.69, 9.17) is 4.74 Å². The van der Waals surface area contributed by atoms with E-state index in [0.29, 0.717) is 18.6 Å². The predicted octanol–water partition coefficient (Wildman–Crippen LogP) is 0.427. The lowest BCUT2D eigenvalue weighted by Crippen LogP contribution is -2.41. The molecule has 106 valence electrons. The third kappa shape index (κ3) is 4.84. The lowest BCUT2D eigenvalue weighted by molar-refractivity contribution is 0.0602. The Balaban J connectivity index is 1.64. The largest absolute Gasteiger partial charge is 0.377 e. The molecule has 0 aliphatic carbocycles.